The Hall–Kier alpha value is -2.66. The van der Waals surface area contributed by atoms with Crippen LogP contribution in [0.2, 0.25) is 0 Å². The van der Waals surface area contributed by atoms with Crippen molar-refractivity contribution in [1.29, 1.82) is 0 Å². The first-order valence-corrected chi connectivity index (χ1v) is 9.33. The van der Waals surface area contributed by atoms with Crippen LogP contribution < -0.4 is 11.1 Å². The number of aryl methyl sites for hydroxylation is 4. The van der Waals surface area contributed by atoms with Crippen LogP contribution in [0, 0.1) is 27.7 Å². The van der Waals surface area contributed by atoms with Gasteiger partial charge in [-0.15, -0.1) is 17.9 Å². The molecular weight excluding hydrogens is 342 g/mol. The van der Waals surface area contributed by atoms with Gasteiger partial charge >= 0.3 is 0 Å². The third-order valence-corrected chi connectivity index (χ3v) is 5.83. The van der Waals surface area contributed by atoms with E-state index in [-0.39, 0.29) is 5.91 Å². The molecule has 0 aliphatic carbocycles. The molecule has 2 aromatic heterocycles. The lowest BCUT2D eigenvalue weighted by Crippen LogP contribution is -2.13. The number of nitrogens with zero attached hydrogens (tertiary/aromatic N) is 1. The molecule has 134 valence electrons. The van der Waals surface area contributed by atoms with E-state index in [9.17, 15) is 4.79 Å². The van der Waals surface area contributed by atoms with Crippen LogP contribution in [0.3, 0.4) is 0 Å². The van der Waals surface area contributed by atoms with Crippen molar-refractivity contribution < 1.29 is 4.79 Å². The summed E-state index contributed by atoms with van der Waals surface area (Å²) in [6.07, 6.45) is 2.60. The Labute approximate surface area is 157 Å². The fourth-order valence-electron chi connectivity index (χ4n) is 3.31. The van der Waals surface area contributed by atoms with E-state index in [0.29, 0.717) is 10.6 Å². The van der Waals surface area contributed by atoms with Crippen LogP contribution in [-0.2, 0) is 6.42 Å². The molecular formula is C21H23N3OS. The molecule has 0 atom stereocenters. The van der Waals surface area contributed by atoms with Crippen LogP contribution in [-0.4, -0.2) is 10.9 Å². The van der Waals surface area contributed by atoms with E-state index in [4.69, 9.17) is 5.73 Å². The SMILES string of the molecule is C=CCc1c(C)nc2sc(C(=O)Nc3c(C)cccc3C)c(N)c2c1C. The van der Waals surface area contributed by atoms with Gasteiger partial charge in [-0.3, -0.25) is 4.79 Å². The quantitative estimate of drug-likeness (QED) is 0.633. The lowest BCUT2D eigenvalue weighted by molar-refractivity contribution is 0.103. The lowest BCUT2D eigenvalue weighted by atomic mass is 10.0. The van der Waals surface area contributed by atoms with Gasteiger partial charge in [0.15, 0.2) is 0 Å². The Morgan fingerprint density at radius 2 is 1.92 bits per heavy atom. The number of hydrogen-bond acceptors (Lipinski definition) is 4. The Balaban J connectivity index is 2.08. The number of anilines is 2. The van der Waals surface area contributed by atoms with Crippen LogP contribution in [0.15, 0.2) is 30.9 Å². The zero-order valence-electron chi connectivity index (χ0n) is 15.6. The van der Waals surface area contributed by atoms with E-state index < -0.39 is 0 Å². The molecule has 3 aromatic rings. The Bertz CT molecular complexity index is 1010. The van der Waals surface area contributed by atoms with Gasteiger partial charge in [-0.25, -0.2) is 4.98 Å². The van der Waals surface area contributed by atoms with Gasteiger partial charge in [0.2, 0.25) is 0 Å². The molecule has 0 saturated heterocycles. The predicted octanol–water partition coefficient (Wildman–Crippen LogP) is 5.09. The lowest BCUT2D eigenvalue weighted by Gasteiger charge is -2.11. The van der Waals surface area contributed by atoms with Crippen molar-refractivity contribution in [2.45, 2.75) is 34.1 Å². The number of fused-ring (bicyclic) bond motifs is 1. The van der Waals surface area contributed by atoms with E-state index in [0.717, 1.165) is 50.3 Å². The maximum Gasteiger partial charge on any atom is 0.267 e. The number of aromatic nitrogens is 1. The predicted molar refractivity (Wildman–Crippen MR) is 111 cm³/mol. The second-order valence-corrected chi connectivity index (χ2v) is 7.54. The number of para-hydroxylation sites is 1. The highest BCUT2D eigenvalue weighted by Gasteiger charge is 2.21. The van der Waals surface area contributed by atoms with Crippen molar-refractivity contribution in [3.8, 4) is 0 Å². The van der Waals surface area contributed by atoms with Crippen LogP contribution in [0.5, 0.6) is 0 Å². The molecule has 26 heavy (non-hydrogen) atoms. The summed E-state index contributed by atoms with van der Waals surface area (Å²) in [5.74, 6) is -0.190. The zero-order valence-corrected chi connectivity index (χ0v) is 16.4. The summed E-state index contributed by atoms with van der Waals surface area (Å²) in [5, 5.41) is 3.90. The summed E-state index contributed by atoms with van der Waals surface area (Å²) in [6.45, 7) is 11.8. The van der Waals surface area contributed by atoms with Gasteiger partial charge in [-0.1, -0.05) is 24.3 Å². The summed E-state index contributed by atoms with van der Waals surface area (Å²) < 4.78 is 0. The number of nitrogens with two attached hydrogens (primary N) is 1. The van der Waals surface area contributed by atoms with Crippen LogP contribution >= 0.6 is 11.3 Å². The maximum absolute atomic E-state index is 12.9. The largest absolute Gasteiger partial charge is 0.397 e. The van der Waals surface area contributed by atoms with Crippen LogP contribution in [0.25, 0.3) is 10.2 Å². The summed E-state index contributed by atoms with van der Waals surface area (Å²) in [7, 11) is 0. The van der Waals surface area contributed by atoms with Crippen molar-refractivity contribution in [2.24, 2.45) is 0 Å². The highest BCUT2D eigenvalue weighted by Crippen LogP contribution is 2.37. The normalized spacial score (nSPS) is 10.9. The van der Waals surface area contributed by atoms with E-state index in [2.05, 4.69) is 16.9 Å². The molecule has 0 unspecified atom stereocenters. The van der Waals surface area contributed by atoms with Crippen molar-refractivity contribution in [2.75, 3.05) is 11.1 Å². The summed E-state index contributed by atoms with van der Waals surface area (Å²) in [4.78, 5) is 18.9. The Morgan fingerprint density at radius 1 is 1.27 bits per heavy atom. The number of rotatable bonds is 4. The number of pyridine rings is 1. The van der Waals surface area contributed by atoms with Gasteiger partial charge in [0, 0.05) is 16.8 Å². The number of carbonyl (C=O) groups is 1. The molecule has 3 N–H and O–H groups in total. The van der Waals surface area contributed by atoms with Gasteiger partial charge in [0.25, 0.3) is 5.91 Å². The first-order chi connectivity index (χ1) is 12.3. The number of allylic oxidation sites excluding steroid dienone is 1. The van der Waals surface area contributed by atoms with Gasteiger partial charge in [-0.05, 0) is 56.4 Å². The second kappa shape index (κ2) is 6.92. The van der Waals surface area contributed by atoms with Crippen LogP contribution in [0.4, 0.5) is 11.4 Å². The van der Waals surface area contributed by atoms with Crippen molar-refractivity contribution in [3.05, 3.63) is 63.7 Å². The van der Waals surface area contributed by atoms with Gasteiger partial charge in [0.05, 0.1) is 5.69 Å². The minimum Gasteiger partial charge on any atom is -0.397 e. The number of carbonyl (C=O) groups excluding carboxylic acids is 1. The molecule has 0 aliphatic rings. The van der Waals surface area contributed by atoms with E-state index >= 15 is 0 Å². The van der Waals surface area contributed by atoms with E-state index in [1.165, 1.54) is 11.3 Å². The highest BCUT2D eigenvalue weighted by atomic mass is 32.1. The van der Waals surface area contributed by atoms with Gasteiger partial charge < -0.3 is 11.1 Å². The molecule has 0 spiro atoms. The molecule has 1 amide bonds. The first kappa shape index (κ1) is 18.1. The summed E-state index contributed by atoms with van der Waals surface area (Å²) >= 11 is 1.34. The molecule has 0 bridgehead atoms. The standard InChI is InChI=1S/C21H23N3OS/c1-6-8-15-13(4)16-17(22)19(26-21(16)23-14(15)5)20(25)24-18-11(2)9-7-10-12(18)3/h6-7,9-10H,1,8,22H2,2-5H3,(H,24,25). The fraction of sp³-hybridized carbons (Fsp3) is 0.238. The number of thiophene rings is 1. The highest BCUT2D eigenvalue weighted by molar-refractivity contribution is 7.21. The molecule has 3 rings (SSSR count). The molecule has 5 heteroatoms. The zero-order chi connectivity index (χ0) is 19.0. The van der Waals surface area contributed by atoms with E-state index in [1.807, 2.05) is 52.0 Å². The summed E-state index contributed by atoms with van der Waals surface area (Å²) in [6, 6.07) is 5.94. The molecule has 0 aliphatic heterocycles. The molecule has 0 saturated carbocycles. The molecule has 2 heterocycles. The maximum atomic E-state index is 12.9. The molecule has 4 nitrogen and oxygen atoms in total. The molecule has 0 radical (unpaired) electrons. The molecule has 1 aromatic carbocycles. The topological polar surface area (TPSA) is 68.0 Å². The number of nitrogen functional groups attached to an aromatic ring is 1. The number of benzene rings is 1. The third-order valence-electron chi connectivity index (χ3n) is 4.73. The Morgan fingerprint density at radius 3 is 2.54 bits per heavy atom. The second-order valence-electron chi connectivity index (χ2n) is 6.54. The van der Waals surface area contributed by atoms with Gasteiger partial charge in [0.1, 0.15) is 9.71 Å². The van der Waals surface area contributed by atoms with Crippen molar-refractivity contribution >= 4 is 38.8 Å². The monoisotopic (exact) mass is 365 g/mol. The average Bonchev–Trinajstić information content (AvgIpc) is 2.91. The summed E-state index contributed by atoms with van der Waals surface area (Å²) in [5.41, 5.74) is 12.9. The Kier molecular flexibility index (Phi) is 4.83. The first-order valence-electron chi connectivity index (χ1n) is 8.51. The number of hydrogen-bond donors (Lipinski definition) is 2. The van der Waals surface area contributed by atoms with Crippen LogP contribution in [0.1, 0.15) is 37.6 Å². The average molecular weight is 366 g/mol. The number of amides is 1. The minimum absolute atomic E-state index is 0.190. The third kappa shape index (κ3) is 2.99. The minimum atomic E-state index is -0.190. The van der Waals surface area contributed by atoms with Crippen molar-refractivity contribution in [1.82, 2.24) is 4.98 Å². The molecule has 0 fully saturated rings. The van der Waals surface area contributed by atoms with Gasteiger partial charge in [-0.2, -0.15) is 0 Å². The van der Waals surface area contributed by atoms with Crippen molar-refractivity contribution in [3.63, 3.8) is 0 Å². The smallest absolute Gasteiger partial charge is 0.267 e. The number of nitrogens with one attached hydrogen (secondary N) is 1. The van der Waals surface area contributed by atoms with E-state index in [1.54, 1.807) is 0 Å². The fourth-order valence-corrected chi connectivity index (χ4v) is 4.41.